The molecule has 10 nitrogen and oxygen atoms in total. The van der Waals surface area contributed by atoms with Crippen molar-refractivity contribution < 1.29 is 23.3 Å². The van der Waals surface area contributed by atoms with Gasteiger partial charge in [0.2, 0.25) is 17.6 Å². The van der Waals surface area contributed by atoms with Gasteiger partial charge < -0.3 is 23.8 Å². The molecule has 0 unspecified atom stereocenters. The lowest BCUT2D eigenvalue weighted by molar-refractivity contribution is -0.121. The second kappa shape index (κ2) is 11.1. The zero-order valence-corrected chi connectivity index (χ0v) is 19.0. The Kier molecular flexibility index (Phi) is 7.49. The van der Waals surface area contributed by atoms with Crippen LogP contribution in [-0.4, -0.2) is 47.0 Å². The molecule has 34 heavy (non-hydrogen) atoms. The zero-order chi connectivity index (χ0) is 23.8. The molecular formula is C24H25N5O5. The number of nitrogens with zero attached hydrogens (tertiary/aromatic N) is 4. The topological polar surface area (TPSA) is 125 Å². The first-order valence-corrected chi connectivity index (χ1v) is 10.9. The van der Waals surface area contributed by atoms with Crippen molar-refractivity contribution in [1.29, 1.82) is 0 Å². The molecule has 1 N–H and O–H groups in total. The number of aromatic nitrogens is 4. The van der Waals surface area contributed by atoms with Crippen molar-refractivity contribution in [3.05, 3.63) is 60.2 Å². The summed E-state index contributed by atoms with van der Waals surface area (Å²) in [7, 11) is 3.14. The summed E-state index contributed by atoms with van der Waals surface area (Å²) in [6.45, 7) is 0.427. The van der Waals surface area contributed by atoms with Crippen molar-refractivity contribution in [2.45, 2.75) is 25.7 Å². The molecule has 0 aliphatic carbocycles. The van der Waals surface area contributed by atoms with E-state index in [2.05, 4.69) is 25.6 Å². The molecule has 0 aliphatic heterocycles. The molecule has 0 saturated carbocycles. The minimum Gasteiger partial charge on any atom is -0.493 e. The van der Waals surface area contributed by atoms with Crippen LogP contribution in [0.25, 0.3) is 22.8 Å². The van der Waals surface area contributed by atoms with Crippen LogP contribution in [0.5, 0.6) is 11.5 Å². The van der Waals surface area contributed by atoms with Crippen LogP contribution < -0.4 is 14.8 Å². The number of aryl methyl sites for hydroxylation is 1. The highest BCUT2D eigenvalue weighted by Crippen LogP contribution is 2.31. The summed E-state index contributed by atoms with van der Waals surface area (Å²) in [4.78, 5) is 20.9. The lowest BCUT2D eigenvalue weighted by Gasteiger charge is -2.07. The van der Waals surface area contributed by atoms with Crippen molar-refractivity contribution >= 4 is 5.91 Å². The fraction of sp³-hybridized carbons (Fsp3) is 0.292. The number of hydrogen-bond donors (Lipinski definition) is 1. The van der Waals surface area contributed by atoms with E-state index in [1.807, 2.05) is 36.4 Å². The second-order valence-corrected chi connectivity index (χ2v) is 7.42. The minimum absolute atomic E-state index is 0.0635. The van der Waals surface area contributed by atoms with Gasteiger partial charge in [0.05, 0.1) is 14.2 Å². The molecule has 0 spiro atoms. The molecule has 4 aromatic rings. The number of methoxy groups -OCH3 is 2. The normalized spacial score (nSPS) is 10.8. The maximum absolute atomic E-state index is 12.1. The summed E-state index contributed by atoms with van der Waals surface area (Å²) in [5.74, 6) is 3.08. The van der Waals surface area contributed by atoms with Crippen molar-refractivity contribution in [2.75, 3.05) is 20.8 Å². The second-order valence-electron chi connectivity index (χ2n) is 7.42. The van der Waals surface area contributed by atoms with E-state index in [9.17, 15) is 4.79 Å². The Morgan fingerprint density at radius 1 is 0.912 bits per heavy atom. The van der Waals surface area contributed by atoms with Crippen LogP contribution in [0.1, 0.15) is 24.6 Å². The summed E-state index contributed by atoms with van der Waals surface area (Å²) in [6, 6.07) is 14.9. The SMILES string of the molecule is COc1ccc(-c2noc(CCCC(=O)NCCc3noc(-c4ccccc4)n3)n2)cc1OC. The van der Waals surface area contributed by atoms with Gasteiger partial charge in [-0.2, -0.15) is 9.97 Å². The first-order chi connectivity index (χ1) is 16.7. The van der Waals surface area contributed by atoms with Crippen LogP contribution in [0.4, 0.5) is 0 Å². The van der Waals surface area contributed by atoms with Gasteiger partial charge in [-0.15, -0.1) is 0 Å². The minimum atomic E-state index is -0.0635. The molecule has 0 bridgehead atoms. The van der Waals surface area contributed by atoms with E-state index in [1.54, 1.807) is 26.4 Å². The number of hydrogen-bond acceptors (Lipinski definition) is 9. The number of carbonyl (C=O) groups is 1. The van der Waals surface area contributed by atoms with E-state index in [0.29, 0.717) is 67.2 Å². The number of ether oxygens (including phenoxy) is 2. The quantitative estimate of drug-likeness (QED) is 0.356. The third kappa shape index (κ3) is 5.77. The van der Waals surface area contributed by atoms with Crippen LogP contribution in [-0.2, 0) is 17.6 Å². The highest BCUT2D eigenvalue weighted by molar-refractivity contribution is 5.75. The molecule has 1 amide bonds. The van der Waals surface area contributed by atoms with Gasteiger partial charge in [0.1, 0.15) is 0 Å². The molecule has 0 radical (unpaired) electrons. The van der Waals surface area contributed by atoms with Gasteiger partial charge in [-0.3, -0.25) is 4.79 Å². The number of nitrogens with one attached hydrogen (secondary N) is 1. The van der Waals surface area contributed by atoms with Gasteiger partial charge in [0.15, 0.2) is 17.3 Å². The Balaban J connectivity index is 1.19. The molecular weight excluding hydrogens is 438 g/mol. The van der Waals surface area contributed by atoms with E-state index in [-0.39, 0.29) is 5.91 Å². The van der Waals surface area contributed by atoms with Crippen LogP contribution in [0, 0.1) is 0 Å². The maximum Gasteiger partial charge on any atom is 0.257 e. The van der Waals surface area contributed by atoms with Crippen molar-refractivity contribution in [3.8, 4) is 34.3 Å². The van der Waals surface area contributed by atoms with Gasteiger partial charge in [0.25, 0.3) is 5.89 Å². The maximum atomic E-state index is 12.1. The van der Waals surface area contributed by atoms with Crippen molar-refractivity contribution in [2.24, 2.45) is 0 Å². The molecule has 0 aliphatic rings. The fourth-order valence-corrected chi connectivity index (χ4v) is 3.30. The first kappa shape index (κ1) is 23.0. The zero-order valence-electron chi connectivity index (χ0n) is 19.0. The van der Waals surface area contributed by atoms with Crippen molar-refractivity contribution in [1.82, 2.24) is 25.6 Å². The molecule has 0 saturated heterocycles. The molecule has 2 heterocycles. The fourth-order valence-electron chi connectivity index (χ4n) is 3.30. The summed E-state index contributed by atoms with van der Waals surface area (Å²) in [6.07, 6.45) is 1.91. The third-order valence-corrected chi connectivity index (χ3v) is 5.06. The van der Waals surface area contributed by atoms with E-state index in [4.69, 9.17) is 18.5 Å². The Morgan fingerprint density at radius 2 is 1.74 bits per heavy atom. The monoisotopic (exact) mass is 463 g/mol. The first-order valence-electron chi connectivity index (χ1n) is 10.9. The molecule has 2 aromatic heterocycles. The highest BCUT2D eigenvalue weighted by atomic mass is 16.5. The smallest absolute Gasteiger partial charge is 0.257 e. The molecule has 2 aromatic carbocycles. The number of benzene rings is 2. The van der Waals surface area contributed by atoms with Gasteiger partial charge in [-0.05, 0) is 36.8 Å². The molecule has 4 rings (SSSR count). The van der Waals surface area contributed by atoms with E-state index in [1.165, 1.54) is 0 Å². The molecule has 10 heteroatoms. The van der Waals surface area contributed by atoms with E-state index < -0.39 is 0 Å². The van der Waals surface area contributed by atoms with Crippen molar-refractivity contribution in [3.63, 3.8) is 0 Å². The Hall–Kier alpha value is -4.21. The molecule has 176 valence electrons. The van der Waals surface area contributed by atoms with Gasteiger partial charge in [0, 0.05) is 36.9 Å². The van der Waals surface area contributed by atoms with Gasteiger partial charge in [-0.1, -0.05) is 28.5 Å². The van der Waals surface area contributed by atoms with E-state index >= 15 is 0 Å². The van der Waals surface area contributed by atoms with Crippen LogP contribution >= 0.6 is 0 Å². The van der Waals surface area contributed by atoms with Crippen LogP contribution in [0.3, 0.4) is 0 Å². The predicted octanol–water partition coefficient (Wildman–Crippen LogP) is 3.49. The number of carbonyl (C=O) groups excluding carboxylic acids is 1. The third-order valence-electron chi connectivity index (χ3n) is 5.06. The number of rotatable bonds is 11. The van der Waals surface area contributed by atoms with Crippen LogP contribution in [0.15, 0.2) is 57.6 Å². The summed E-state index contributed by atoms with van der Waals surface area (Å²) in [5, 5.41) is 10.8. The summed E-state index contributed by atoms with van der Waals surface area (Å²) in [5.41, 5.74) is 1.61. The Bertz CT molecular complexity index is 1220. The largest absolute Gasteiger partial charge is 0.493 e. The highest BCUT2D eigenvalue weighted by Gasteiger charge is 2.13. The molecule has 0 fully saturated rings. The lowest BCUT2D eigenvalue weighted by Crippen LogP contribution is -2.25. The summed E-state index contributed by atoms with van der Waals surface area (Å²) >= 11 is 0. The average Bonchev–Trinajstić information content (AvgIpc) is 3.54. The predicted molar refractivity (Wildman–Crippen MR) is 122 cm³/mol. The van der Waals surface area contributed by atoms with Gasteiger partial charge in [-0.25, -0.2) is 0 Å². The van der Waals surface area contributed by atoms with E-state index in [0.717, 1.165) is 11.1 Å². The number of amides is 1. The Morgan fingerprint density at radius 3 is 2.53 bits per heavy atom. The Labute approximate surface area is 196 Å². The average molecular weight is 463 g/mol. The summed E-state index contributed by atoms with van der Waals surface area (Å²) < 4.78 is 21.1. The van der Waals surface area contributed by atoms with Gasteiger partial charge >= 0.3 is 0 Å². The standard InChI is InChI=1S/C24H25N5O5/c1-31-18-12-11-17(15-19(18)32-2)23-27-22(33-29-23)10-6-9-21(30)25-14-13-20-26-24(34-28-20)16-7-4-3-5-8-16/h3-5,7-8,11-12,15H,6,9-10,13-14H2,1-2H3,(H,25,30). The van der Waals surface area contributed by atoms with Crippen LogP contribution in [0.2, 0.25) is 0 Å². The molecule has 0 atom stereocenters. The lowest BCUT2D eigenvalue weighted by atomic mass is 10.2.